The van der Waals surface area contributed by atoms with Crippen LogP contribution in [0.2, 0.25) is 0 Å². The molecule has 0 radical (unpaired) electrons. The Kier molecular flexibility index (Phi) is 4.81. The molecule has 19 heavy (non-hydrogen) atoms. The first-order valence-electron chi connectivity index (χ1n) is 6.91. The topological polar surface area (TPSA) is 78.5 Å². The van der Waals surface area contributed by atoms with Crippen molar-refractivity contribution in [2.24, 2.45) is 5.92 Å². The number of nitrogens with one attached hydrogen (secondary N) is 2. The van der Waals surface area contributed by atoms with E-state index < -0.39 is 9.84 Å². The van der Waals surface area contributed by atoms with Gasteiger partial charge in [-0.3, -0.25) is 9.69 Å². The van der Waals surface area contributed by atoms with Gasteiger partial charge >= 0.3 is 0 Å². The van der Waals surface area contributed by atoms with E-state index in [9.17, 15) is 13.2 Å². The average Bonchev–Trinajstić information content (AvgIpc) is 2.76. The molecular weight excluding hydrogens is 266 g/mol. The number of amides is 1. The molecule has 1 amide bonds. The second-order valence-electron chi connectivity index (χ2n) is 5.48. The largest absolute Gasteiger partial charge is 0.354 e. The zero-order chi connectivity index (χ0) is 13.9. The first-order valence-corrected chi connectivity index (χ1v) is 8.73. The molecule has 0 bridgehead atoms. The highest BCUT2D eigenvalue weighted by atomic mass is 32.2. The van der Waals surface area contributed by atoms with Crippen molar-refractivity contribution in [1.82, 2.24) is 15.5 Å². The summed E-state index contributed by atoms with van der Waals surface area (Å²) in [5.41, 5.74) is 0. The Morgan fingerprint density at radius 3 is 2.68 bits per heavy atom. The molecule has 6 nitrogen and oxygen atoms in total. The van der Waals surface area contributed by atoms with E-state index in [4.69, 9.17) is 0 Å². The highest BCUT2D eigenvalue weighted by molar-refractivity contribution is 7.91. The molecule has 2 rings (SSSR count). The number of rotatable bonds is 4. The highest BCUT2D eigenvalue weighted by Crippen LogP contribution is 2.17. The number of hydrogen-bond acceptors (Lipinski definition) is 5. The van der Waals surface area contributed by atoms with Gasteiger partial charge in [0.1, 0.15) is 0 Å². The summed E-state index contributed by atoms with van der Waals surface area (Å²) in [6.07, 6.45) is 0.671. The number of carbonyl (C=O) groups is 1. The second kappa shape index (κ2) is 6.19. The summed E-state index contributed by atoms with van der Waals surface area (Å²) in [7, 11) is -2.85. The Morgan fingerprint density at radius 1 is 1.42 bits per heavy atom. The molecule has 2 heterocycles. The van der Waals surface area contributed by atoms with Gasteiger partial charge in [0.15, 0.2) is 9.84 Å². The van der Waals surface area contributed by atoms with Gasteiger partial charge in [0, 0.05) is 32.7 Å². The quantitative estimate of drug-likeness (QED) is 0.682. The molecule has 0 aromatic rings. The van der Waals surface area contributed by atoms with Crippen LogP contribution < -0.4 is 10.6 Å². The Balaban J connectivity index is 1.74. The van der Waals surface area contributed by atoms with Crippen LogP contribution in [0.25, 0.3) is 0 Å². The van der Waals surface area contributed by atoms with Crippen molar-refractivity contribution in [2.75, 3.05) is 44.2 Å². The van der Waals surface area contributed by atoms with Crippen LogP contribution in [0.5, 0.6) is 0 Å². The van der Waals surface area contributed by atoms with Gasteiger partial charge in [0.2, 0.25) is 5.91 Å². The summed E-state index contributed by atoms with van der Waals surface area (Å²) in [6, 6.07) is -0.139. The first-order chi connectivity index (χ1) is 8.98. The molecule has 0 aromatic heterocycles. The monoisotopic (exact) mass is 289 g/mol. The van der Waals surface area contributed by atoms with Crippen LogP contribution in [-0.2, 0) is 14.6 Å². The van der Waals surface area contributed by atoms with E-state index in [1.807, 2.05) is 6.92 Å². The van der Waals surface area contributed by atoms with Crippen molar-refractivity contribution < 1.29 is 13.2 Å². The van der Waals surface area contributed by atoms with E-state index in [-0.39, 0.29) is 29.4 Å². The SMILES string of the molecule is CC(C(=O)NCC1CCS(=O)(=O)C1)N1CCNCC1. The van der Waals surface area contributed by atoms with Gasteiger partial charge in [0.25, 0.3) is 0 Å². The normalized spacial score (nSPS) is 29.0. The molecule has 7 heteroatoms. The van der Waals surface area contributed by atoms with Crippen molar-refractivity contribution in [3.63, 3.8) is 0 Å². The standard InChI is InChI=1S/C12H23N3O3S/c1-10(15-5-3-13-4-6-15)12(16)14-8-11-2-7-19(17,18)9-11/h10-11,13H,2-9H2,1H3,(H,14,16). The molecule has 2 N–H and O–H groups in total. The molecule has 2 aliphatic rings. The van der Waals surface area contributed by atoms with Crippen LogP contribution in [0.1, 0.15) is 13.3 Å². The lowest BCUT2D eigenvalue weighted by Gasteiger charge is -2.32. The van der Waals surface area contributed by atoms with Crippen molar-refractivity contribution in [2.45, 2.75) is 19.4 Å². The van der Waals surface area contributed by atoms with Gasteiger partial charge in [-0.15, -0.1) is 0 Å². The van der Waals surface area contributed by atoms with Crippen LogP contribution >= 0.6 is 0 Å². The molecule has 0 spiro atoms. The summed E-state index contributed by atoms with van der Waals surface area (Å²) in [6.45, 7) is 5.98. The van der Waals surface area contributed by atoms with Gasteiger partial charge in [-0.25, -0.2) is 8.42 Å². The third-order valence-corrected chi connectivity index (χ3v) is 5.81. The van der Waals surface area contributed by atoms with Crippen molar-refractivity contribution in [3.8, 4) is 0 Å². The van der Waals surface area contributed by atoms with E-state index in [1.165, 1.54) is 0 Å². The molecule has 0 aromatic carbocycles. The molecule has 2 saturated heterocycles. The number of sulfone groups is 1. The van der Waals surface area contributed by atoms with Crippen molar-refractivity contribution >= 4 is 15.7 Å². The zero-order valence-electron chi connectivity index (χ0n) is 11.4. The predicted molar refractivity (Wildman–Crippen MR) is 73.7 cm³/mol. The molecule has 0 saturated carbocycles. The maximum atomic E-state index is 12.0. The van der Waals surface area contributed by atoms with Gasteiger partial charge in [-0.1, -0.05) is 0 Å². The second-order valence-corrected chi connectivity index (χ2v) is 7.70. The number of piperazine rings is 1. The lowest BCUT2D eigenvalue weighted by Crippen LogP contribution is -2.53. The minimum atomic E-state index is -2.85. The van der Waals surface area contributed by atoms with Crippen molar-refractivity contribution in [1.29, 1.82) is 0 Å². The molecular formula is C12H23N3O3S. The third kappa shape index (κ3) is 4.15. The summed E-state index contributed by atoms with van der Waals surface area (Å²) < 4.78 is 22.7. The van der Waals surface area contributed by atoms with Crippen molar-refractivity contribution in [3.05, 3.63) is 0 Å². The number of nitrogens with zero attached hydrogens (tertiary/aromatic N) is 1. The fourth-order valence-corrected chi connectivity index (χ4v) is 4.52. The van der Waals surface area contributed by atoms with Crippen LogP contribution in [-0.4, -0.2) is 69.5 Å². The van der Waals surface area contributed by atoms with E-state index >= 15 is 0 Å². The van der Waals surface area contributed by atoms with Crippen LogP contribution in [0.15, 0.2) is 0 Å². The maximum Gasteiger partial charge on any atom is 0.237 e. The molecule has 2 aliphatic heterocycles. The van der Waals surface area contributed by atoms with E-state index in [1.54, 1.807) is 0 Å². The third-order valence-electron chi connectivity index (χ3n) is 3.97. The van der Waals surface area contributed by atoms with E-state index in [0.29, 0.717) is 13.0 Å². The number of hydrogen-bond donors (Lipinski definition) is 2. The Hall–Kier alpha value is -0.660. The Bertz CT molecular complexity index is 418. The molecule has 2 fully saturated rings. The van der Waals surface area contributed by atoms with E-state index in [2.05, 4.69) is 15.5 Å². The highest BCUT2D eigenvalue weighted by Gasteiger charge is 2.29. The summed E-state index contributed by atoms with van der Waals surface area (Å²) in [5.74, 6) is 0.575. The first kappa shape index (κ1) is 14.7. The van der Waals surface area contributed by atoms with Crippen LogP contribution in [0, 0.1) is 5.92 Å². The van der Waals surface area contributed by atoms with Gasteiger partial charge in [-0.2, -0.15) is 0 Å². The van der Waals surface area contributed by atoms with Crippen LogP contribution in [0.3, 0.4) is 0 Å². The lowest BCUT2D eigenvalue weighted by atomic mass is 10.1. The minimum absolute atomic E-state index is 0.00574. The smallest absolute Gasteiger partial charge is 0.237 e. The average molecular weight is 289 g/mol. The molecule has 2 unspecified atom stereocenters. The fraction of sp³-hybridized carbons (Fsp3) is 0.917. The Labute approximate surface area is 114 Å². The summed E-state index contributed by atoms with van der Waals surface area (Å²) >= 11 is 0. The van der Waals surface area contributed by atoms with Gasteiger partial charge in [0.05, 0.1) is 17.5 Å². The maximum absolute atomic E-state index is 12.0. The molecule has 110 valence electrons. The fourth-order valence-electron chi connectivity index (χ4n) is 2.66. The predicted octanol–water partition coefficient (Wildman–Crippen LogP) is -1.17. The number of carbonyl (C=O) groups excluding carboxylic acids is 1. The van der Waals surface area contributed by atoms with Gasteiger partial charge < -0.3 is 10.6 Å². The molecule has 2 atom stereocenters. The minimum Gasteiger partial charge on any atom is -0.354 e. The van der Waals surface area contributed by atoms with Gasteiger partial charge in [-0.05, 0) is 19.3 Å². The Morgan fingerprint density at radius 2 is 2.11 bits per heavy atom. The van der Waals surface area contributed by atoms with Crippen LogP contribution in [0.4, 0.5) is 0 Å². The van der Waals surface area contributed by atoms with E-state index in [0.717, 1.165) is 26.2 Å². The summed E-state index contributed by atoms with van der Waals surface area (Å²) in [5, 5.41) is 6.15. The molecule has 0 aliphatic carbocycles. The summed E-state index contributed by atoms with van der Waals surface area (Å²) in [4.78, 5) is 14.2. The zero-order valence-corrected chi connectivity index (χ0v) is 12.2. The lowest BCUT2D eigenvalue weighted by molar-refractivity contribution is -0.126.